The highest BCUT2D eigenvalue weighted by molar-refractivity contribution is 6.32. The second kappa shape index (κ2) is 6.12. The Labute approximate surface area is 117 Å². The van der Waals surface area contributed by atoms with Gasteiger partial charge in [0.25, 0.3) is 0 Å². The maximum atomic E-state index is 8.90. The summed E-state index contributed by atoms with van der Waals surface area (Å²) in [6, 6.07) is 14.5. The molecular weight excluding hydrogens is 262 g/mol. The molecule has 0 amide bonds. The average Bonchev–Trinajstić information content (AvgIpc) is 2.46. The normalized spacial score (nSPS) is 9.74. The van der Waals surface area contributed by atoms with E-state index in [1.165, 1.54) is 0 Å². The molecule has 0 aliphatic heterocycles. The summed E-state index contributed by atoms with van der Waals surface area (Å²) in [5, 5.41) is 9.46. The van der Waals surface area contributed by atoms with Crippen LogP contribution in [-0.2, 0) is 6.61 Å². The minimum atomic E-state index is 0.294. The number of halogens is 1. The van der Waals surface area contributed by atoms with Gasteiger partial charge in [0.05, 0.1) is 23.8 Å². The van der Waals surface area contributed by atoms with Crippen molar-refractivity contribution in [3.05, 3.63) is 58.6 Å². The van der Waals surface area contributed by atoms with Gasteiger partial charge in [0, 0.05) is 5.56 Å². The van der Waals surface area contributed by atoms with Crippen molar-refractivity contribution in [1.29, 1.82) is 5.26 Å². The first-order valence-electron chi connectivity index (χ1n) is 5.69. The van der Waals surface area contributed by atoms with Gasteiger partial charge in [-0.3, -0.25) is 0 Å². The highest BCUT2D eigenvalue weighted by Crippen LogP contribution is 2.26. The quantitative estimate of drug-likeness (QED) is 0.851. The number of nitriles is 1. The molecule has 0 aliphatic carbocycles. The summed E-state index contributed by atoms with van der Waals surface area (Å²) in [5.41, 5.74) is 1.38. The number of hydrogen-bond acceptors (Lipinski definition) is 3. The van der Waals surface area contributed by atoms with Gasteiger partial charge in [0.1, 0.15) is 18.1 Å². The van der Waals surface area contributed by atoms with E-state index in [2.05, 4.69) is 6.07 Å². The highest BCUT2D eigenvalue weighted by atomic mass is 35.5. The van der Waals surface area contributed by atoms with E-state index in [-0.39, 0.29) is 0 Å². The Kier molecular flexibility index (Phi) is 4.27. The van der Waals surface area contributed by atoms with Crippen molar-refractivity contribution in [3.8, 4) is 17.6 Å². The summed E-state index contributed by atoms with van der Waals surface area (Å²) < 4.78 is 10.9. The second-order valence-corrected chi connectivity index (χ2v) is 4.26. The molecule has 0 spiro atoms. The van der Waals surface area contributed by atoms with Gasteiger partial charge in [-0.15, -0.1) is 0 Å². The van der Waals surface area contributed by atoms with Crippen LogP contribution in [0.5, 0.6) is 11.5 Å². The Morgan fingerprint density at radius 3 is 2.63 bits per heavy atom. The molecule has 0 saturated carbocycles. The Bertz CT molecular complexity index is 620. The molecule has 0 unspecified atom stereocenters. The standard InChI is InChI=1S/C15H12ClNO2/c1-18-14-7-6-11(9-17)8-12(14)10-19-15-5-3-2-4-13(15)16/h2-8H,10H2,1H3. The molecule has 3 nitrogen and oxygen atoms in total. The van der Waals surface area contributed by atoms with Gasteiger partial charge in [0.2, 0.25) is 0 Å². The van der Waals surface area contributed by atoms with Crippen LogP contribution >= 0.6 is 11.6 Å². The zero-order chi connectivity index (χ0) is 13.7. The summed E-state index contributed by atoms with van der Waals surface area (Å²) in [7, 11) is 1.58. The predicted octanol–water partition coefficient (Wildman–Crippen LogP) is 3.80. The maximum absolute atomic E-state index is 8.90. The molecular formula is C15H12ClNO2. The van der Waals surface area contributed by atoms with E-state index in [0.29, 0.717) is 28.7 Å². The lowest BCUT2D eigenvalue weighted by molar-refractivity contribution is 0.297. The largest absolute Gasteiger partial charge is 0.496 e. The molecule has 0 heterocycles. The predicted molar refractivity (Wildman–Crippen MR) is 73.5 cm³/mol. The summed E-state index contributed by atoms with van der Waals surface area (Å²) in [6.45, 7) is 0.294. The minimum Gasteiger partial charge on any atom is -0.496 e. The number of benzene rings is 2. The first-order valence-corrected chi connectivity index (χ1v) is 6.06. The number of ether oxygens (including phenoxy) is 2. The zero-order valence-electron chi connectivity index (χ0n) is 10.4. The van der Waals surface area contributed by atoms with E-state index in [4.69, 9.17) is 26.3 Å². The van der Waals surface area contributed by atoms with Gasteiger partial charge in [-0.05, 0) is 30.3 Å². The van der Waals surface area contributed by atoms with Gasteiger partial charge in [-0.2, -0.15) is 5.26 Å². The van der Waals surface area contributed by atoms with Crippen LogP contribution in [0.3, 0.4) is 0 Å². The summed E-state index contributed by atoms with van der Waals surface area (Å²) in [4.78, 5) is 0. The third kappa shape index (κ3) is 3.18. The van der Waals surface area contributed by atoms with Gasteiger partial charge < -0.3 is 9.47 Å². The molecule has 0 fully saturated rings. The van der Waals surface area contributed by atoms with Crippen LogP contribution in [0, 0.1) is 11.3 Å². The summed E-state index contributed by atoms with van der Waals surface area (Å²) in [5.74, 6) is 1.29. The third-order valence-corrected chi connectivity index (χ3v) is 2.94. The number of hydrogen-bond donors (Lipinski definition) is 0. The van der Waals surface area contributed by atoms with Crippen LogP contribution in [-0.4, -0.2) is 7.11 Å². The molecule has 0 N–H and O–H groups in total. The van der Waals surface area contributed by atoms with Crippen molar-refractivity contribution >= 4 is 11.6 Å². The van der Waals surface area contributed by atoms with Crippen molar-refractivity contribution in [2.45, 2.75) is 6.61 Å². The Hall–Kier alpha value is -2.18. The van der Waals surface area contributed by atoms with E-state index in [1.807, 2.05) is 12.1 Å². The van der Waals surface area contributed by atoms with Gasteiger partial charge in [-0.25, -0.2) is 0 Å². The van der Waals surface area contributed by atoms with Crippen molar-refractivity contribution in [2.24, 2.45) is 0 Å². The van der Waals surface area contributed by atoms with Crippen LogP contribution in [0.4, 0.5) is 0 Å². The molecule has 0 radical (unpaired) electrons. The second-order valence-electron chi connectivity index (χ2n) is 3.86. The van der Waals surface area contributed by atoms with E-state index in [0.717, 1.165) is 5.56 Å². The monoisotopic (exact) mass is 273 g/mol. The Morgan fingerprint density at radius 1 is 1.16 bits per heavy atom. The maximum Gasteiger partial charge on any atom is 0.138 e. The molecule has 96 valence electrons. The Balaban J connectivity index is 2.19. The van der Waals surface area contributed by atoms with E-state index in [9.17, 15) is 0 Å². The van der Waals surface area contributed by atoms with Gasteiger partial charge in [0.15, 0.2) is 0 Å². The average molecular weight is 274 g/mol. The van der Waals surface area contributed by atoms with Crippen molar-refractivity contribution in [2.75, 3.05) is 7.11 Å². The van der Waals surface area contributed by atoms with E-state index in [1.54, 1.807) is 37.4 Å². The number of nitrogens with zero attached hydrogens (tertiary/aromatic N) is 1. The molecule has 0 aliphatic rings. The van der Waals surface area contributed by atoms with Gasteiger partial charge >= 0.3 is 0 Å². The van der Waals surface area contributed by atoms with Crippen LogP contribution in [0.25, 0.3) is 0 Å². The van der Waals surface area contributed by atoms with Crippen molar-refractivity contribution < 1.29 is 9.47 Å². The van der Waals surface area contributed by atoms with E-state index < -0.39 is 0 Å². The molecule has 2 rings (SSSR count). The van der Waals surface area contributed by atoms with E-state index >= 15 is 0 Å². The molecule has 0 bridgehead atoms. The number of methoxy groups -OCH3 is 1. The summed E-state index contributed by atoms with van der Waals surface area (Å²) in [6.07, 6.45) is 0. The molecule has 2 aromatic rings. The fourth-order valence-electron chi connectivity index (χ4n) is 1.68. The first-order chi connectivity index (χ1) is 9.24. The topological polar surface area (TPSA) is 42.2 Å². The molecule has 2 aromatic carbocycles. The number of para-hydroxylation sites is 1. The zero-order valence-corrected chi connectivity index (χ0v) is 11.1. The highest BCUT2D eigenvalue weighted by Gasteiger charge is 2.07. The smallest absolute Gasteiger partial charge is 0.138 e. The van der Waals surface area contributed by atoms with Crippen LogP contribution in [0.2, 0.25) is 5.02 Å². The molecule has 0 aromatic heterocycles. The van der Waals surface area contributed by atoms with Crippen LogP contribution in [0.15, 0.2) is 42.5 Å². The third-order valence-electron chi connectivity index (χ3n) is 2.63. The van der Waals surface area contributed by atoms with Crippen molar-refractivity contribution in [3.63, 3.8) is 0 Å². The molecule has 0 saturated heterocycles. The lowest BCUT2D eigenvalue weighted by Crippen LogP contribution is -1.99. The first kappa shape index (κ1) is 13.3. The Morgan fingerprint density at radius 2 is 1.95 bits per heavy atom. The molecule has 0 atom stereocenters. The lowest BCUT2D eigenvalue weighted by Gasteiger charge is -2.11. The summed E-state index contributed by atoms with van der Waals surface area (Å²) >= 11 is 6.01. The molecule has 19 heavy (non-hydrogen) atoms. The fourth-order valence-corrected chi connectivity index (χ4v) is 1.87. The lowest BCUT2D eigenvalue weighted by atomic mass is 10.1. The fraction of sp³-hybridized carbons (Fsp3) is 0.133. The number of rotatable bonds is 4. The van der Waals surface area contributed by atoms with Crippen LogP contribution in [0.1, 0.15) is 11.1 Å². The van der Waals surface area contributed by atoms with Crippen molar-refractivity contribution in [1.82, 2.24) is 0 Å². The van der Waals surface area contributed by atoms with Crippen LogP contribution < -0.4 is 9.47 Å². The minimum absolute atomic E-state index is 0.294. The van der Waals surface area contributed by atoms with Gasteiger partial charge in [-0.1, -0.05) is 23.7 Å². The SMILES string of the molecule is COc1ccc(C#N)cc1COc1ccccc1Cl. The molecule has 4 heteroatoms.